The summed E-state index contributed by atoms with van der Waals surface area (Å²) in [5.41, 5.74) is -1.69. The number of carbonyl (C=O) groups excluding carboxylic acids is 12. The van der Waals surface area contributed by atoms with Gasteiger partial charge in [-0.05, 0) is 147 Å². The number of nitrogens with zero attached hydrogens (tertiary/aromatic N) is 9. The third-order valence-electron chi connectivity index (χ3n) is 24.3. The molecule has 2 bridgehead atoms. The molecule has 12 atom stereocenters. The molecule has 4 saturated heterocycles. The number of hydrogen-bond acceptors (Lipinski definition) is 14. The van der Waals surface area contributed by atoms with Gasteiger partial charge in [0, 0.05) is 81.5 Å². The molecule has 0 aromatic rings. The van der Waals surface area contributed by atoms with Crippen molar-refractivity contribution in [3.8, 4) is 0 Å². The molecule has 4 aliphatic carbocycles. The SMILES string of the molecule is CCO[C@@H]1C[C@H]2C(=O)NC3(CCC3)C(=O)N(C)[C@@H](C3CCCC3)C(=O)N(C)[C@H](C(=O)N3CCOCC3)CC(=O)N(C)[C@@H](C)C(=O)N[C@@H]([C@@H](C)CC)C(=O)N(C)CC(=O)N(C)[C@H]3CCCCN(C3=O)[C@@H](CC3CCC(C(F)(F)F)CC3)C(=O)N(C)CC(=O)N[C@@H](CCC3CC(F)C(C(F)(F)F)C(F)C3)C(=O)N2C1. The molecule has 0 radical (unpaired) electrons. The second kappa shape index (κ2) is 36.7. The molecule has 3 N–H and O–H groups in total. The number of halogens is 8. The van der Waals surface area contributed by atoms with Crippen LogP contribution >= 0.6 is 0 Å². The van der Waals surface area contributed by atoms with Crippen LogP contribution in [-0.4, -0.2) is 301 Å². The van der Waals surface area contributed by atoms with Gasteiger partial charge in [0.2, 0.25) is 70.9 Å². The van der Waals surface area contributed by atoms with Gasteiger partial charge < -0.3 is 69.5 Å². The van der Waals surface area contributed by atoms with Crippen LogP contribution in [0.15, 0.2) is 0 Å². The van der Waals surface area contributed by atoms with Crippen molar-refractivity contribution in [1.29, 1.82) is 0 Å². The average Bonchev–Trinajstić information content (AvgIpc) is 1.68. The lowest BCUT2D eigenvalue weighted by Gasteiger charge is -2.47. The molecule has 4 aliphatic heterocycles. The summed E-state index contributed by atoms with van der Waals surface area (Å²) in [6.45, 7) is 5.26. The number of ether oxygens (including phenoxy) is 2. The first kappa shape index (κ1) is 85.6. The molecule has 8 rings (SSSR count). The fraction of sp³-hybridized carbons (Fsp3) is 0.836. The summed E-state index contributed by atoms with van der Waals surface area (Å²) in [6.07, 6.45) is -15.9. The zero-order valence-corrected chi connectivity index (χ0v) is 63.5. The topological polar surface area (TPSA) is 289 Å². The quantitative estimate of drug-likeness (QED) is 0.231. The highest BCUT2D eigenvalue weighted by molar-refractivity contribution is 6.01. The lowest BCUT2D eigenvalue weighted by atomic mass is 9.74. The van der Waals surface area contributed by atoms with Gasteiger partial charge in [-0.1, -0.05) is 33.1 Å². The maximum atomic E-state index is 15.6. The van der Waals surface area contributed by atoms with E-state index in [-0.39, 0.29) is 117 Å². The molecule has 26 nitrogen and oxygen atoms in total. The van der Waals surface area contributed by atoms with Gasteiger partial charge in [-0.25, -0.2) is 8.78 Å². The largest absolute Gasteiger partial charge is 0.397 e. The smallest absolute Gasteiger partial charge is 0.378 e. The van der Waals surface area contributed by atoms with Gasteiger partial charge in [0.05, 0.1) is 44.7 Å². The van der Waals surface area contributed by atoms with E-state index in [4.69, 9.17) is 9.47 Å². The third-order valence-corrected chi connectivity index (χ3v) is 24.3. The zero-order chi connectivity index (χ0) is 78.9. The summed E-state index contributed by atoms with van der Waals surface area (Å²) in [5, 5.41) is 8.32. The Hall–Kier alpha value is -7.00. The number of hydrogen-bond donors (Lipinski definition) is 3. The van der Waals surface area contributed by atoms with Gasteiger partial charge in [0.1, 0.15) is 72.1 Å². The predicted octanol–water partition coefficient (Wildman–Crippen LogP) is 4.93. The van der Waals surface area contributed by atoms with Crippen molar-refractivity contribution >= 4 is 70.9 Å². The fourth-order valence-electron chi connectivity index (χ4n) is 17.2. The Balaban J connectivity index is 1.18. The molecule has 8 fully saturated rings. The molecular weight excluding hydrogens is 1420 g/mol. The minimum atomic E-state index is -5.22. The molecule has 2 unspecified atom stereocenters. The standard InChI is InChI=1S/C73H112F8N12O14/c1-11-42(3)60-68(103)86(6)41-58(96)88(8)52-20-15-16-29-92(67(52)102)55(36-44-21-24-47(25-22-44)72(76,77)78)65(100)85(5)40-56(94)82-51(26-23-45-34-49(74)59(50(75)35-45)73(79,80)81)64(99)93-39-48(107-12-2)37-53(93)63(98)84-71(27-17-28-71)70(105)90(10)61(46-18-13-14-19-46)69(104)89(9)54(66(101)91-30-32-106-33-31-91)38-57(95)87(7)43(4)62(97)83-60/h42-55,59-61H,11-41H2,1-10H3,(H,82,94)(H,83,97)(H,84,98)/t42-,43-,44?,45?,47?,48+,49?,50?,51-,52-,53-,54-,55-,59?,60-,61-/m0/s1. The molecule has 4 saturated carbocycles. The minimum Gasteiger partial charge on any atom is -0.378 e. The predicted molar refractivity (Wildman–Crippen MR) is 371 cm³/mol. The van der Waals surface area contributed by atoms with Crippen LogP contribution in [0.4, 0.5) is 35.1 Å². The number of amides is 12. The highest BCUT2D eigenvalue weighted by atomic mass is 19.4. The van der Waals surface area contributed by atoms with Crippen molar-refractivity contribution in [3.05, 3.63) is 0 Å². The van der Waals surface area contributed by atoms with E-state index < -0.39 is 230 Å². The van der Waals surface area contributed by atoms with E-state index in [1.165, 1.54) is 63.9 Å². The van der Waals surface area contributed by atoms with Crippen molar-refractivity contribution in [2.24, 2.45) is 35.5 Å². The van der Waals surface area contributed by atoms with Crippen LogP contribution in [0.3, 0.4) is 0 Å². The molecule has 604 valence electrons. The highest BCUT2D eigenvalue weighted by Crippen LogP contribution is 2.46. The molecule has 0 aromatic carbocycles. The van der Waals surface area contributed by atoms with Crippen LogP contribution in [-0.2, 0) is 67.0 Å². The number of likely N-dealkylation sites (N-methyl/N-ethyl adjacent to an activating group) is 6. The van der Waals surface area contributed by atoms with Crippen LogP contribution in [0.2, 0.25) is 0 Å². The average molecular weight is 1530 g/mol. The van der Waals surface area contributed by atoms with Crippen molar-refractivity contribution in [2.75, 3.05) is 101 Å². The molecule has 34 heteroatoms. The number of fused-ring (bicyclic) bond motifs is 3. The Bertz CT molecular complexity index is 3170. The van der Waals surface area contributed by atoms with E-state index in [9.17, 15) is 55.1 Å². The van der Waals surface area contributed by atoms with Crippen LogP contribution in [0.1, 0.15) is 169 Å². The van der Waals surface area contributed by atoms with E-state index >= 15 is 37.5 Å². The summed E-state index contributed by atoms with van der Waals surface area (Å²) in [4.78, 5) is 191. The van der Waals surface area contributed by atoms with Gasteiger partial charge in [-0.15, -0.1) is 0 Å². The number of carbonyl (C=O) groups is 12. The summed E-state index contributed by atoms with van der Waals surface area (Å²) < 4.78 is 127. The first-order valence-electron chi connectivity index (χ1n) is 38.3. The Kier molecular flexibility index (Phi) is 29.3. The van der Waals surface area contributed by atoms with E-state index in [1.54, 1.807) is 20.8 Å². The number of nitrogens with one attached hydrogen (secondary N) is 3. The normalized spacial score (nSPS) is 32.7. The van der Waals surface area contributed by atoms with Crippen molar-refractivity contribution in [3.63, 3.8) is 0 Å². The molecule has 1 spiro atoms. The lowest BCUT2D eigenvalue weighted by molar-refractivity contribution is -0.219. The van der Waals surface area contributed by atoms with Crippen LogP contribution < -0.4 is 16.0 Å². The second-order valence-corrected chi connectivity index (χ2v) is 31.4. The fourth-order valence-corrected chi connectivity index (χ4v) is 17.2. The molecule has 0 aromatic heterocycles. The summed E-state index contributed by atoms with van der Waals surface area (Å²) in [6, 6.07) is -11.3. The van der Waals surface area contributed by atoms with Gasteiger partial charge in [-0.2, -0.15) is 26.3 Å². The zero-order valence-electron chi connectivity index (χ0n) is 63.5. The van der Waals surface area contributed by atoms with Crippen molar-refractivity contribution in [2.45, 2.75) is 254 Å². The number of morpholine rings is 1. The first-order valence-corrected chi connectivity index (χ1v) is 38.3. The molecular formula is C73H112F8N12O14. The number of alkyl halides is 8. The maximum Gasteiger partial charge on any atom is 0.397 e. The van der Waals surface area contributed by atoms with Gasteiger partial charge in [0.15, 0.2) is 0 Å². The number of rotatable bonds is 11. The highest BCUT2D eigenvalue weighted by Gasteiger charge is 2.56. The lowest BCUT2D eigenvalue weighted by Crippen LogP contribution is -2.68. The van der Waals surface area contributed by atoms with E-state index in [1.807, 2.05) is 0 Å². The van der Waals surface area contributed by atoms with Gasteiger partial charge in [0.25, 0.3) is 0 Å². The Morgan fingerprint density at radius 2 is 1.23 bits per heavy atom. The Labute approximate surface area is 621 Å². The molecule has 12 amide bonds. The second-order valence-electron chi connectivity index (χ2n) is 31.4. The van der Waals surface area contributed by atoms with E-state index in [2.05, 4.69) is 16.0 Å². The summed E-state index contributed by atoms with van der Waals surface area (Å²) >= 11 is 0. The summed E-state index contributed by atoms with van der Waals surface area (Å²) in [7, 11) is 7.98. The molecule has 4 heterocycles. The maximum absolute atomic E-state index is 15.6. The molecule has 107 heavy (non-hydrogen) atoms. The monoisotopic (exact) mass is 1530 g/mol. The van der Waals surface area contributed by atoms with Crippen LogP contribution in [0, 0.1) is 35.5 Å². The third kappa shape index (κ3) is 20.3. The summed E-state index contributed by atoms with van der Waals surface area (Å²) in [5.74, 6) is -16.7. The molecule has 8 aliphatic rings. The van der Waals surface area contributed by atoms with Gasteiger partial charge in [-0.3, -0.25) is 57.5 Å². The van der Waals surface area contributed by atoms with Crippen LogP contribution in [0.25, 0.3) is 0 Å². The Morgan fingerprint density at radius 3 is 1.81 bits per heavy atom. The van der Waals surface area contributed by atoms with Gasteiger partial charge >= 0.3 is 12.4 Å². The van der Waals surface area contributed by atoms with E-state index in [0.717, 1.165) is 29.4 Å². The van der Waals surface area contributed by atoms with Crippen molar-refractivity contribution < 1.29 is 102 Å². The van der Waals surface area contributed by atoms with Crippen LogP contribution in [0.5, 0.6) is 0 Å². The Morgan fingerprint density at radius 1 is 0.617 bits per heavy atom. The van der Waals surface area contributed by atoms with E-state index in [0.29, 0.717) is 44.9 Å². The van der Waals surface area contributed by atoms with Crippen molar-refractivity contribution in [1.82, 2.24) is 60.0 Å². The first-order chi connectivity index (χ1) is 50.3. The minimum absolute atomic E-state index is 0.00813.